The zero-order valence-corrected chi connectivity index (χ0v) is 11.4. The zero-order valence-electron chi connectivity index (χ0n) is 10.6. The van der Waals surface area contributed by atoms with Crippen LogP contribution in [0.2, 0.25) is 0 Å². The van der Waals surface area contributed by atoms with Crippen molar-refractivity contribution in [1.29, 1.82) is 0 Å². The lowest BCUT2D eigenvalue weighted by molar-refractivity contribution is -0.383. The third-order valence-electron chi connectivity index (χ3n) is 2.92. The van der Waals surface area contributed by atoms with Crippen LogP contribution in [-0.2, 0) is 6.54 Å². The highest BCUT2D eigenvalue weighted by molar-refractivity contribution is 7.09. The molecular weight excluding hydrogens is 295 g/mol. The number of anilines is 1. The Morgan fingerprint density at radius 2 is 2.24 bits per heavy atom. The van der Waals surface area contributed by atoms with Crippen molar-refractivity contribution in [2.75, 3.05) is 5.32 Å². The maximum Gasteiger partial charge on any atom is 0.281 e. The topological polar surface area (TPSA) is 81.0 Å². The van der Waals surface area contributed by atoms with Gasteiger partial charge in [0.05, 0.1) is 28.6 Å². The number of non-ortho nitro benzene ring substituents is 1. The lowest BCUT2D eigenvalue weighted by Crippen LogP contribution is -2.04. The van der Waals surface area contributed by atoms with E-state index in [1.807, 2.05) is 5.38 Å². The molecule has 0 bridgehead atoms. The monoisotopic (exact) mass is 304 g/mol. The number of thiazole rings is 1. The van der Waals surface area contributed by atoms with Crippen LogP contribution in [0.3, 0.4) is 0 Å². The first kappa shape index (κ1) is 13.4. The van der Waals surface area contributed by atoms with Crippen LogP contribution in [0.4, 0.5) is 15.8 Å². The van der Waals surface area contributed by atoms with Gasteiger partial charge in [0.25, 0.3) is 5.69 Å². The average Bonchev–Trinajstić information content (AvgIpc) is 2.98. The Hall–Kier alpha value is -2.61. The molecule has 0 saturated heterocycles. The molecule has 6 nitrogen and oxygen atoms in total. The third-order valence-corrected chi connectivity index (χ3v) is 3.70. The molecular formula is C13H9FN4O2S. The minimum Gasteiger partial charge on any atom is -0.374 e. The Balaban J connectivity index is 2.08. The van der Waals surface area contributed by atoms with Crippen molar-refractivity contribution in [2.24, 2.45) is 0 Å². The van der Waals surface area contributed by atoms with Gasteiger partial charge in [0, 0.05) is 17.8 Å². The number of pyridine rings is 1. The van der Waals surface area contributed by atoms with Crippen LogP contribution in [0.15, 0.2) is 36.0 Å². The van der Waals surface area contributed by atoms with Crippen LogP contribution in [0.25, 0.3) is 10.9 Å². The summed E-state index contributed by atoms with van der Waals surface area (Å²) in [5, 5.41) is 16.8. The molecule has 0 unspecified atom stereocenters. The van der Waals surface area contributed by atoms with Gasteiger partial charge in [0.1, 0.15) is 10.5 Å². The lowest BCUT2D eigenvalue weighted by atomic mass is 10.1. The first-order valence-electron chi connectivity index (χ1n) is 6.00. The highest BCUT2D eigenvalue weighted by Gasteiger charge is 2.19. The lowest BCUT2D eigenvalue weighted by Gasteiger charge is -2.09. The zero-order chi connectivity index (χ0) is 14.8. The van der Waals surface area contributed by atoms with E-state index in [-0.39, 0.29) is 16.9 Å². The standard InChI is InChI=1S/C13H9FN4O2S/c14-9-6-10(18(19)20)8-2-1-3-16-12(8)13(9)17-7-11-15-4-5-21-11/h1-6,17H,7H2. The van der Waals surface area contributed by atoms with Gasteiger partial charge in [-0.05, 0) is 12.1 Å². The molecule has 0 atom stereocenters. The number of benzene rings is 1. The van der Waals surface area contributed by atoms with Crippen LogP contribution in [0.5, 0.6) is 0 Å². The Morgan fingerprint density at radius 1 is 1.38 bits per heavy atom. The largest absolute Gasteiger partial charge is 0.374 e. The molecule has 21 heavy (non-hydrogen) atoms. The minimum absolute atomic E-state index is 0.145. The van der Waals surface area contributed by atoms with Crippen molar-refractivity contribution in [1.82, 2.24) is 9.97 Å². The summed E-state index contributed by atoms with van der Waals surface area (Å²) in [5.41, 5.74) is 0.0857. The fraction of sp³-hybridized carbons (Fsp3) is 0.0769. The number of nitro groups is 1. The van der Waals surface area contributed by atoms with Crippen LogP contribution >= 0.6 is 11.3 Å². The van der Waals surface area contributed by atoms with E-state index in [0.29, 0.717) is 11.9 Å². The van der Waals surface area contributed by atoms with E-state index in [9.17, 15) is 14.5 Å². The molecule has 3 aromatic rings. The van der Waals surface area contributed by atoms with Crippen molar-refractivity contribution >= 4 is 33.6 Å². The molecule has 1 N–H and O–H groups in total. The number of nitrogens with zero attached hydrogens (tertiary/aromatic N) is 3. The quantitative estimate of drug-likeness (QED) is 0.590. The molecule has 0 amide bonds. The summed E-state index contributed by atoms with van der Waals surface area (Å²) in [5.74, 6) is -0.704. The second-order valence-corrected chi connectivity index (χ2v) is 5.17. The summed E-state index contributed by atoms with van der Waals surface area (Å²) < 4.78 is 14.1. The fourth-order valence-corrected chi connectivity index (χ4v) is 2.57. The van der Waals surface area contributed by atoms with Gasteiger partial charge in [-0.2, -0.15) is 0 Å². The summed E-state index contributed by atoms with van der Waals surface area (Å²) >= 11 is 1.44. The van der Waals surface area contributed by atoms with Gasteiger partial charge in [-0.1, -0.05) is 0 Å². The average molecular weight is 304 g/mol. The predicted molar refractivity (Wildman–Crippen MR) is 77.8 cm³/mol. The Morgan fingerprint density at radius 3 is 2.95 bits per heavy atom. The molecule has 0 radical (unpaired) electrons. The van der Waals surface area contributed by atoms with Crippen molar-refractivity contribution in [3.63, 3.8) is 0 Å². The van der Waals surface area contributed by atoms with Crippen LogP contribution in [0, 0.1) is 15.9 Å². The highest BCUT2D eigenvalue weighted by Crippen LogP contribution is 2.32. The summed E-state index contributed by atoms with van der Waals surface area (Å²) in [4.78, 5) is 18.5. The van der Waals surface area contributed by atoms with E-state index >= 15 is 0 Å². The van der Waals surface area contributed by atoms with Crippen molar-refractivity contribution in [2.45, 2.75) is 6.54 Å². The Labute approximate surface area is 122 Å². The highest BCUT2D eigenvalue weighted by atomic mass is 32.1. The number of nitrogens with one attached hydrogen (secondary N) is 1. The predicted octanol–water partition coefficient (Wildman–Crippen LogP) is 3.35. The SMILES string of the molecule is O=[N+]([O-])c1cc(F)c(NCc2nccs2)c2ncccc12. The van der Waals surface area contributed by atoms with Gasteiger partial charge in [-0.15, -0.1) is 11.3 Å². The molecule has 8 heteroatoms. The first-order chi connectivity index (χ1) is 10.2. The van der Waals surface area contributed by atoms with Gasteiger partial charge in [-0.3, -0.25) is 15.1 Å². The molecule has 106 valence electrons. The van der Waals surface area contributed by atoms with Gasteiger partial charge < -0.3 is 5.32 Å². The summed E-state index contributed by atoms with van der Waals surface area (Å²) in [6, 6.07) is 4.04. The summed E-state index contributed by atoms with van der Waals surface area (Å²) in [6.45, 7) is 0.331. The van der Waals surface area contributed by atoms with E-state index in [4.69, 9.17) is 0 Å². The maximum atomic E-state index is 14.1. The van der Waals surface area contributed by atoms with Crippen molar-refractivity contribution < 1.29 is 9.31 Å². The Kier molecular flexibility index (Phi) is 3.44. The minimum atomic E-state index is -0.704. The number of rotatable bonds is 4. The number of hydrogen-bond donors (Lipinski definition) is 1. The number of hydrogen-bond acceptors (Lipinski definition) is 6. The normalized spacial score (nSPS) is 10.7. The number of halogens is 1. The molecule has 0 aliphatic rings. The molecule has 0 saturated carbocycles. The molecule has 0 spiro atoms. The smallest absolute Gasteiger partial charge is 0.281 e. The molecule has 0 fully saturated rings. The van der Waals surface area contributed by atoms with Gasteiger partial charge in [0.15, 0.2) is 5.82 Å². The molecule has 2 aromatic heterocycles. The molecule has 0 aliphatic carbocycles. The number of fused-ring (bicyclic) bond motifs is 1. The fourth-order valence-electron chi connectivity index (χ4n) is 2.02. The van der Waals surface area contributed by atoms with Crippen molar-refractivity contribution in [3.8, 4) is 0 Å². The molecule has 2 heterocycles. The second kappa shape index (κ2) is 5.41. The second-order valence-electron chi connectivity index (χ2n) is 4.19. The van der Waals surface area contributed by atoms with Gasteiger partial charge in [0.2, 0.25) is 0 Å². The van der Waals surface area contributed by atoms with Crippen LogP contribution < -0.4 is 5.32 Å². The number of nitro benzene ring substituents is 1. The maximum absolute atomic E-state index is 14.1. The van der Waals surface area contributed by atoms with E-state index < -0.39 is 10.7 Å². The molecule has 0 aliphatic heterocycles. The van der Waals surface area contributed by atoms with E-state index in [2.05, 4.69) is 15.3 Å². The van der Waals surface area contributed by atoms with Gasteiger partial charge in [-0.25, -0.2) is 9.37 Å². The molecule has 3 rings (SSSR count). The van der Waals surface area contributed by atoms with E-state index in [1.54, 1.807) is 18.3 Å². The summed E-state index contributed by atoms with van der Waals surface area (Å²) in [7, 11) is 0. The van der Waals surface area contributed by atoms with Gasteiger partial charge >= 0.3 is 0 Å². The van der Waals surface area contributed by atoms with Crippen LogP contribution in [0.1, 0.15) is 5.01 Å². The van der Waals surface area contributed by atoms with Crippen molar-refractivity contribution in [3.05, 3.63) is 56.9 Å². The van der Waals surface area contributed by atoms with E-state index in [1.165, 1.54) is 17.5 Å². The third kappa shape index (κ3) is 2.52. The van der Waals surface area contributed by atoms with E-state index in [0.717, 1.165) is 11.1 Å². The first-order valence-corrected chi connectivity index (χ1v) is 6.88. The number of aromatic nitrogens is 2. The van der Waals surface area contributed by atoms with Crippen LogP contribution in [-0.4, -0.2) is 14.9 Å². The summed E-state index contributed by atoms with van der Waals surface area (Å²) in [6.07, 6.45) is 3.13. The Bertz CT molecular complexity index is 807. The molecule has 1 aromatic carbocycles.